The van der Waals surface area contributed by atoms with E-state index in [0.29, 0.717) is 37.6 Å². The molecule has 2 heterocycles. The van der Waals surface area contributed by atoms with Crippen LogP contribution in [0.5, 0.6) is 5.75 Å². The maximum Gasteiger partial charge on any atom is 0.356 e. The minimum Gasteiger partial charge on any atom is -0.484 e. The van der Waals surface area contributed by atoms with Crippen LogP contribution in [0.15, 0.2) is 24.3 Å². The van der Waals surface area contributed by atoms with Gasteiger partial charge in [0, 0.05) is 25.6 Å². The number of amides is 1. The van der Waals surface area contributed by atoms with E-state index < -0.39 is 5.97 Å². The largest absolute Gasteiger partial charge is 0.484 e. The maximum atomic E-state index is 12.5. The molecule has 7 nitrogen and oxygen atoms in total. The Morgan fingerprint density at radius 2 is 1.96 bits per heavy atom. The lowest BCUT2D eigenvalue weighted by Gasteiger charge is -2.26. The standard InChI is InChI=1S/C19H23N3O4/c1-4-25-19(24)18-15-11-22(10-9-16(15)20-21(18)3)17(23)12-26-14-7-5-13(2)6-8-14/h5-8H,4,9-12H2,1-3H3. The molecule has 3 rings (SSSR count). The monoisotopic (exact) mass is 357 g/mol. The summed E-state index contributed by atoms with van der Waals surface area (Å²) in [5.41, 5.74) is 3.16. The quantitative estimate of drug-likeness (QED) is 0.764. The van der Waals surface area contributed by atoms with Crippen molar-refractivity contribution in [2.24, 2.45) is 7.05 Å². The summed E-state index contributed by atoms with van der Waals surface area (Å²) in [6, 6.07) is 7.57. The molecule has 1 aliphatic heterocycles. The van der Waals surface area contributed by atoms with Crippen LogP contribution >= 0.6 is 0 Å². The van der Waals surface area contributed by atoms with Crippen molar-refractivity contribution in [1.82, 2.24) is 14.7 Å². The van der Waals surface area contributed by atoms with Gasteiger partial charge in [0.2, 0.25) is 0 Å². The number of nitrogens with zero attached hydrogens (tertiary/aromatic N) is 3. The van der Waals surface area contributed by atoms with Gasteiger partial charge in [0.15, 0.2) is 12.3 Å². The van der Waals surface area contributed by atoms with Gasteiger partial charge in [0.25, 0.3) is 5.91 Å². The number of hydrogen-bond acceptors (Lipinski definition) is 5. The van der Waals surface area contributed by atoms with Crippen molar-refractivity contribution >= 4 is 11.9 Å². The van der Waals surface area contributed by atoms with Gasteiger partial charge in [-0.3, -0.25) is 9.48 Å². The van der Waals surface area contributed by atoms with Crippen LogP contribution in [-0.4, -0.2) is 46.3 Å². The summed E-state index contributed by atoms with van der Waals surface area (Å²) in [5.74, 6) is 0.138. The molecule has 0 spiro atoms. The predicted molar refractivity (Wildman–Crippen MR) is 95.0 cm³/mol. The number of aromatic nitrogens is 2. The van der Waals surface area contributed by atoms with Gasteiger partial charge in [-0.15, -0.1) is 0 Å². The van der Waals surface area contributed by atoms with Gasteiger partial charge in [0.1, 0.15) is 5.75 Å². The zero-order chi connectivity index (χ0) is 18.7. The van der Waals surface area contributed by atoms with Crippen molar-refractivity contribution in [1.29, 1.82) is 0 Å². The molecule has 0 unspecified atom stereocenters. The lowest BCUT2D eigenvalue weighted by Crippen LogP contribution is -2.39. The number of fused-ring (bicyclic) bond motifs is 1. The lowest BCUT2D eigenvalue weighted by atomic mass is 10.1. The van der Waals surface area contributed by atoms with Gasteiger partial charge in [0.05, 0.1) is 18.8 Å². The Balaban J connectivity index is 1.68. The molecular formula is C19H23N3O4. The van der Waals surface area contributed by atoms with E-state index in [1.54, 1.807) is 23.6 Å². The van der Waals surface area contributed by atoms with Gasteiger partial charge in [-0.25, -0.2) is 4.79 Å². The fourth-order valence-electron chi connectivity index (χ4n) is 3.04. The zero-order valence-electron chi connectivity index (χ0n) is 15.3. The fourth-order valence-corrected chi connectivity index (χ4v) is 3.04. The van der Waals surface area contributed by atoms with E-state index in [4.69, 9.17) is 9.47 Å². The average molecular weight is 357 g/mol. The fraction of sp³-hybridized carbons (Fsp3) is 0.421. The van der Waals surface area contributed by atoms with E-state index in [1.165, 1.54) is 0 Å². The molecule has 0 saturated carbocycles. The van der Waals surface area contributed by atoms with Gasteiger partial charge >= 0.3 is 5.97 Å². The summed E-state index contributed by atoms with van der Waals surface area (Å²) in [6.07, 6.45) is 0.610. The molecule has 0 N–H and O–H groups in total. The minimum absolute atomic E-state index is 0.0343. The summed E-state index contributed by atoms with van der Waals surface area (Å²) >= 11 is 0. The van der Waals surface area contributed by atoms with E-state index >= 15 is 0 Å². The smallest absolute Gasteiger partial charge is 0.356 e. The molecular weight excluding hydrogens is 334 g/mol. The maximum absolute atomic E-state index is 12.5. The van der Waals surface area contributed by atoms with Crippen LogP contribution in [0.3, 0.4) is 0 Å². The Hall–Kier alpha value is -2.83. The van der Waals surface area contributed by atoms with Gasteiger partial charge in [-0.1, -0.05) is 17.7 Å². The molecule has 1 aliphatic rings. The summed E-state index contributed by atoms with van der Waals surface area (Å²) < 4.78 is 12.2. The molecule has 0 fully saturated rings. The first-order valence-electron chi connectivity index (χ1n) is 8.68. The predicted octanol–water partition coefficient (Wildman–Crippen LogP) is 1.87. The van der Waals surface area contributed by atoms with Gasteiger partial charge < -0.3 is 14.4 Å². The van der Waals surface area contributed by atoms with Crippen LogP contribution in [0.25, 0.3) is 0 Å². The number of aryl methyl sites for hydroxylation is 2. The van der Waals surface area contributed by atoms with Crippen molar-refractivity contribution in [2.75, 3.05) is 19.8 Å². The van der Waals surface area contributed by atoms with E-state index in [9.17, 15) is 9.59 Å². The molecule has 1 aromatic carbocycles. The summed E-state index contributed by atoms with van der Waals surface area (Å²) in [6.45, 7) is 4.92. The first kappa shape index (κ1) is 18.0. The molecule has 0 saturated heterocycles. The highest BCUT2D eigenvalue weighted by Crippen LogP contribution is 2.23. The molecule has 0 aliphatic carbocycles. The zero-order valence-corrected chi connectivity index (χ0v) is 15.3. The Labute approximate surface area is 152 Å². The van der Waals surface area contributed by atoms with Crippen LogP contribution in [0.2, 0.25) is 0 Å². The van der Waals surface area contributed by atoms with Gasteiger partial charge in [-0.05, 0) is 26.0 Å². The van der Waals surface area contributed by atoms with E-state index in [2.05, 4.69) is 5.10 Å². The number of rotatable bonds is 5. The third-order valence-electron chi connectivity index (χ3n) is 4.40. The lowest BCUT2D eigenvalue weighted by molar-refractivity contribution is -0.134. The Morgan fingerprint density at radius 1 is 1.23 bits per heavy atom. The third-order valence-corrected chi connectivity index (χ3v) is 4.40. The van der Waals surface area contributed by atoms with E-state index in [1.807, 2.05) is 31.2 Å². The second-order valence-corrected chi connectivity index (χ2v) is 6.28. The van der Waals surface area contributed by atoms with Crippen LogP contribution in [0, 0.1) is 6.92 Å². The van der Waals surface area contributed by atoms with Gasteiger partial charge in [-0.2, -0.15) is 5.10 Å². The van der Waals surface area contributed by atoms with Crippen LogP contribution < -0.4 is 4.74 Å². The number of hydrogen-bond donors (Lipinski definition) is 0. The summed E-state index contributed by atoms with van der Waals surface area (Å²) in [7, 11) is 1.72. The second-order valence-electron chi connectivity index (χ2n) is 6.28. The molecule has 0 radical (unpaired) electrons. The minimum atomic E-state index is -0.408. The normalized spacial score (nSPS) is 13.3. The topological polar surface area (TPSA) is 73.7 Å². The number of esters is 1. The molecule has 1 amide bonds. The van der Waals surface area contributed by atoms with E-state index in [0.717, 1.165) is 16.8 Å². The van der Waals surface area contributed by atoms with Crippen LogP contribution in [-0.2, 0) is 29.5 Å². The number of carbonyl (C=O) groups excluding carboxylic acids is 2. The molecule has 0 bridgehead atoms. The van der Waals surface area contributed by atoms with Crippen molar-refractivity contribution in [3.8, 4) is 5.75 Å². The highest BCUT2D eigenvalue weighted by molar-refractivity contribution is 5.90. The first-order chi connectivity index (χ1) is 12.5. The van der Waals surface area contributed by atoms with Crippen molar-refractivity contribution < 1.29 is 19.1 Å². The van der Waals surface area contributed by atoms with E-state index in [-0.39, 0.29) is 12.5 Å². The Bertz CT molecular complexity index is 811. The molecule has 1 aromatic heterocycles. The highest BCUT2D eigenvalue weighted by atomic mass is 16.5. The van der Waals surface area contributed by atoms with Crippen LogP contribution in [0.1, 0.15) is 34.2 Å². The molecule has 2 aromatic rings. The summed E-state index contributed by atoms with van der Waals surface area (Å²) in [4.78, 5) is 26.4. The average Bonchev–Trinajstić information content (AvgIpc) is 2.96. The molecule has 26 heavy (non-hydrogen) atoms. The van der Waals surface area contributed by atoms with Crippen molar-refractivity contribution in [3.63, 3.8) is 0 Å². The number of carbonyl (C=O) groups is 2. The summed E-state index contributed by atoms with van der Waals surface area (Å²) in [5, 5.41) is 4.40. The molecule has 7 heteroatoms. The SMILES string of the molecule is CCOC(=O)c1c2c(nn1C)CCN(C(=O)COc1ccc(C)cc1)C2. The first-order valence-corrected chi connectivity index (χ1v) is 8.68. The number of benzene rings is 1. The third kappa shape index (κ3) is 3.71. The van der Waals surface area contributed by atoms with Crippen molar-refractivity contribution in [2.45, 2.75) is 26.8 Å². The van der Waals surface area contributed by atoms with Crippen LogP contribution in [0.4, 0.5) is 0 Å². The second kappa shape index (κ2) is 7.59. The Morgan fingerprint density at radius 3 is 2.65 bits per heavy atom. The highest BCUT2D eigenvalue weighted by Gasteiger charge is 2.30. The number of ether oxygens (including phenoxy) is 2. The Kier molecular flexibility index (Phi) is 5.25. The van der Waals surface area contributed by atoms with Crippen molar-refractivity contribution in [3.05, 3.63) is 46.8 Å². The molecule has 138 valence electrons. The molecule has 0 atom stereocenters.